The Kier molecular flexibility index (Phi) is 4.07. The molecule has 0 spiro atoms. The van der Waals surface area contributed by atoms with E-state index in [1.165, 1.54) is 0 Å². The Hall–Kier alpha value is -0.210. The maximum absolute atomic E-state index is 5.83. The molecule has 1 aromatic carbocycles. The molecule has 72 valence electrons. The average Bonchev–Trinajstić information content (AvgIpc) is 2.06. The van der Waals surface area contributed by atoms with Gasteiger partial charge in [-0.15, -0.1) is 0 Å². The molecule has 0 aliphatic heterocycles. The fourth-order valence-electron chi connectivity index (χ4n) is 0.844. The highest BCUT2D eigenvalue weighted by Gasteiger charge is 2.02. The minimum absolute atomic E-state index is 0.519. The Balaban J connectivity index is 2.70. The third-order valence-electron chi connectivity index (χ3n) is 1.47. The summed E-state index contributed by atoms with van der Waals surface area (Å²) in [5, 5.41) is 0.696. The third-order valence-corrected chi connectivity index (χ3v) is 2.36. The first-order valence-electron chi connectivity index (χ1n) is 4.17. The van der Waals surface area contributed by atoms with E-state index in [9.17, 15) is 0 Å². The summed E-state index contributed by atoms with van der Waals surface area (Å²) >= 11 is 9.23. The zero-order chi connectivity index (χ0) is 9.84. The van der Waals surface area contributed by atoms with Crippen LogP contribution in [0.25, 0.3) is 0 Å². The lowest BCUT2D eigenvalue weighted by Crippen LogP contribution is -2.04. The van der Waals surface area contributed by atoms with Gasteiger partial charge in [-0.25, -0.2) is 0 Å². The van der Waals surface area contributed by atoms with Gasteiger partial charge in [0.15, 0.2) is 0 Å². The quantitative estimate of drug-likeness (QED) is 0.796. The second-order valence-corrected chi connectivity index (χ2v) is 4.57. The molecule has 0 aliphatic carbocycles. The lowest BCUT2D eigenvalue weighted by molar-refractivity contribution is 0.269. The van der Waals surface area contributed by atoms with E-state index in [2.05, 4.69) is 29.8 Å². The summed E-state index contributed by atoms with van der Waals surface area (Å²) in [6.45, 7) is 4.93. The highest BCUT2D eigenvalue weighted by molar-refractivity contribution is 9.10. The van der Waals surface area contributed by atoms with Crippen molar-refractivity contribution in [3.8, 4) is 5.75 Å². The predicted molar refractivity (Wildman–Crippen MR) is 59.5 cm³/mol. The van der Waals surface area contributed by atoms with Gasteiger partial charge in [0.05, 0.1) is 11.1 Å². The van der Waals surface area contributed by atoms with E-state index in [-0.39, 0.29) is 0 Å². The predicted octanol–water partition coefficient (Wildman–Crippen LogP) is 4.14. The molecule has 3 heteroatoms. The number of ether oxygens (including phenoxy) is 1. The van der Waals surface area contributed by atoms with E-state index in [0.717, 1.165) is 10.2 Å². The molecule has 0 aromatic heterocycles. The molecule has 0 amide bonds. The number of halogens is 2. The van der Waals surface area contributed by atoms with Crippen LogP contribution in [0.1, 0.15) is 13.8 Å². The molecule has 0 heterocycles. The summed E-state index contributed by atoms with van der Waals surface area (Å²) < 4.78 is 6.49. The van der Waals surface area contributed by atoms with Crippen LogP contribution in [0.3, 0.4) is 0 Å². The molecule has 13 heavy (non-hydrogen) atoms. The fourth-order valence-corrected chi connectivity index (χ4v) is 1.37. The van der Waals surface area contributed by atoms with E-state index in [4.69, 9.17) is 16.3 Å². The topological polar surface area (TPSA) is 9.23 Å². The van der Waals surface area contributed by atoms with Crippen LogP contribution in [0.2, 0.25) is 5.02 Å². The molecule has 0 bridgehead atoms. The van der Waals surface area contributed by atoms with Crippen molar-refractivity contribution in [1.82, 2.24) is 0 Å². The normalized spacial score (nSPS) is 10.5. The molecular formula is C10H12BrClO. The van der Waals surface area contributed by atoms with Gasteiger partial charge in [0, 0.05) is 5.02 Å². The van der Waals surface area contributed by atoms with Crippen LogP contribution in [0.5, 0.6) is 5.75 Å². The van der Waals surface area contributed by atoms with Gasteiger partial charge < -0.3 is 4.74 Å². The van der Waals surface area contributed by atoms with Gasteiger partial charge in [0.25, 0.3) is 0 Å². The van der Waals surface area contributed by atoms with Gasteiger partial charge in [-0.1, -0.05) is 25.4 Å². The average molecular weight is 264 g/mol. The highest BCUT2D eigenvalue weighted by atomic mass is 79.9. The van der Waals surface area contributed by atoms with Gasteiger partial charge in [0.1, 0.15) is 5.75 Å². The van der Waals surface area contributed by atoms with Gasteiger partial charge in [-0.2, -0.15) is 0 Å². The molecule has 0 fully saturated rings. The van der Waals surface area contributed by atoms with Crippen molar-refractivity contribution < 1.29 is 4.74 Å². The molecule has 0 saturated heterocycles. The first-order chi connectivity index (χ1) is 6.09. The van der Waals surface area contributed by atoms with Crippen molar-refractivity contribution in [1.29, 1.82) is 0 Å². The van der Waals surface area contributed by atoms with Crippen molar-refractivity contribution in [3.63, 3.8) is 0 Å². The molecule has 0 atom stereocenters. The minimum atomic E-state index is 0.519. The van der Waals surface area contributed by atoms with E-state index in [1.54, 1.807) is 0 Å². The van der Waals surface area contributed by atoms with Crippen LogP contribution >= 0.6 is 27.5 Å². The molecule has 1 nitrogen and oxygen atoms in total. The number of hydrogen-bond donors (Lipinski definition) is 0. The summed E-state index contributed by atoms with van der Waals surface area (Å²) in [5.41, 5.74) is 0. The Bertz CT molecular complexity index is 286. The third kappa shape index (κ3) is 3.57. The molecule has 0 radical (unpaired) electrons. The van der Waals surface area contributed by atoms with Gasteiger partial charge in [0.2, 0.25) is 0 Å². The van der Waals surface area contributed by atoms with Crippen LogP contribution in [-0.2, 0) is 0 Å². The number of hydrogen-bond acceptors (Lipinski definition) is 1. The Morgan fingerprint density at radius 3 is 2.77 bits per heavy atom. The number of rotatable bonds is 3. The van der Waals surface area contributed by atoms with E-state index >= 15 is 0 Å². The van der Waals surface area contributed by atoms with E-state index < -0.39 is 0 Å². The molecule has 1 aromatic rings. The first kappa shape index (κ1) is 10.9. The van der Waals surface area contributed by atoms with Crippen LogP contribution < -0.4 is 4.74 Å². The summed E-state index contributed by atoms with van der Waals surface area (Å²) in [6.07, 6.45) is 0. The smallest absolute Gasteiger partial charge is 0.134 e. The summed E-state index contributed by atoms with van der Waals surface area (Å²) in [4.78, 5) is 0. The minimum Gasteiger partial charge on any atom is -0.492 e. The van der Waals surface area contributed by atoms with Crippen LogP contribution in [0.4, 0.5) is 0 Å². The lowest BCUT2D eigenvalue weighted by Gasteiger charge is -2.10. The van der Waals surface area contributed by atoms with Crippen molar-refractivity contribution in [2.75, 3.05) is 6.61 Å². The number of benzene rings is 1. The molecule has 0 N–H and O–H groups in total. The van der Waals surface area contributed by atoms with Gasteiger partial charge in [-0.05, 0) is 40.0 Å². The van der Waals surface area contributed by atoms with E-state index in [1.807, 2.05) is 18.2 Å². The van der Waals surface area contributed by atoms with Crippen molar-refractivity contribution >= 4 is 27.5 Å². The van der Waals surface area contributed by atoms with Gasteiger partial charge in [-0.3, -0.25) is 0 Å². The molecule has 1 rings (SSSR count). The molecule has 0 unspecified atom stereocenters. The Morgan fingerprint density at radius 2 is 2.15 bits per heavy atom. The lowest BCUT2D eigenvalue weighted by atomic mass is 10.2. The highest BCUT2D eigenvalue weighted by Crippen LogP contribution is 2.28. The molecule has 0 aliphatic rings. The van der Waals surface area contributed by atoms with Crippen molar-refractivity contribution in [3.05, 3.63) is 27.7 Å². The summed E-state index contributed by atoms with van der Waals surface area (Å²) in [6, 6.07) is 5.53. The fraction of sp³-hybridized carbons (Fsp3) is 0.400. The second kappa shape index (κ2) is 4.87. The van der Waals surface area contributed by atoms with Crippen molar-refractivity contribution in [2.24, 2.45) is 5.92 Å². The van der Waals surface area contributed by atoms with Crippen LogP contribution in [0, 0.1) is 5.92 Å². The van der Waals surface area contributed by atoms with Crippen molar-refractivity contribution in [2.45, 2.75) is 13.8 Å². The second-order valence-electron chi connectivity index (χ2n) is 3.28. The monoisotopic (exact) mass is 262 g/mol. The first-order valence-corrected chi connectivity index (χ1v) is 5.34. The SMILES string of the molecule is CC(C)COc1cc(Cl)ccc1Br. The summed E-state index contributed by atoms with van der Waals surface area (Å²) in [7, 11) is 0. The summed E-state index contributed by atoms with van der Waals surface area (Å²) in [5.74, 6) is 1.33. The molecule has 0 saturated carbocycles. The van der Waals surface area contributed by atoms with E-state index in [0.29, 0.717) is 17.5 Å². The molecular weight excluding hydrogens is 251 g/mol. The van der Waals surface area contributed by atoms with Crippen LogP contribution in [0.15, 0.2) is 22.7 Å². The Morgan fingerprint density at radius 1 is 1.46 bits per heavy atom. The standard InChI is InChI=1S/C10H12BrClO/c1-7(2)6-13-10-5-8(12)3-4-9(10)11/h3-5,7H,6H2,1-2H3. The van der Waals surface area contributed by atoms with Gasteiger partial charge >= 0.3 is 0 Å². The maximum Gasteiger partial charge on any atom is 0.134 e. The maximum atomic E-state index is 5.83. The zero-order valence-corrected chi connectivity index (χ0v) is 10.0. The van der Waals surface area contributed by atoms with Crippen LogP contribution in [-0.4, -0.2) is 6.61 Å². The largest absolute Gasteiger partial charge is 0.492 e. The zero-order valence-electron chi connectivity index (χ0n) is 7.68. The Labute approximate surface area is 92.2 Å².